The van der Waals surface area contributed by atoms with Crippen molar-refractivity contribution in [2.75, 3.05) is 20.2 Å². The maximum Gasteiger partial charge on any atom is 0.133 e. The van der Waals surface area contributed by atoms with Crippen molar-refractivity contribution in [3.05, 3.63) is 10.4 Å². The second-order valence-corrected chi connectivity index (χ2v) is 4.29. The van der Waals surface area contributed by atoms with Gasteiger partial charge in [0.1, 0.15) is 5.54 Å². The molecule has 0 amide bonds. The van der Waals surface area contributed by atoms with Crippen LogP contribution in [0.1, 0.15) is 32.1 Å². The van der Waals surface area contributed by atoms with E-state index in [1.807, 2.05) is 0 Å². The van der Waals surface area contributed by atoms with Crippen molar-refractivity contribution >= 4 is 0 Å². The summed E-state index contributed by atoms with van der Waals surface area (Å²) in [4.78, 5) is 2.70. The first-order valence-electron chi connectivity index (χ1n) is 5.99. The summed E-state index contributed by atoms with van der Waals surface area (Å²) in [7, 11) is 1.66. The summed E-state index contributed by atoms with van der Waals surface area (Å²) in [6, 6.07) is 2.37. The molecule has 6 nitrogen and oxygen atoms in total. The topological polar surface area (TPSA) is 93.8 Å². The van der Waals surface area contributed by atoms with E-state index in [0.29, 0.717) is 13.1 Å². The molecule has 2 unspecified atom stereocenters. The van der Waals surface area contributed by atoms with Gasteiger partial charge >= 0.3 is 0 Å². The van der Waals surface area contributed by atoms with Crippen LogP contribution in [0, 0.1) is 11.3 Å². The van der Waals surface area contributed by atoms with E-state index in [1.165, 1.54) is 0 Å². The van der Waals surface area contributed by atoms with E-state index in [-0.39, 0.29) is 6.10 Å². The Morgan fingerprint density at radius 2 is 2.47 bits per heavy atom. The molecule has 94 valence electrons. The third-order valence-electron chi connectivity index (χ3n) is 3.26. The van der Waals surface area contributed by atoms with Crippen molar-refractivity contribution in [1.82, 2.24) is 5.32 Å². The largest absolute Gasteiger partial charge is 0.378 e. The van der Waals surface area contributed by atoms with Crippen LogP contribution in [0.4, 0.5) is 0 Å². The number of nitriles is 1. The highest BCUT2D eigenvalue weighted by Crippen LogP contribution is 2.30. The maximum absolute atomic E-state index is 9.37. The molecule has 0 aromatic heterocycles. The molecule has 0 bridgehead atoms. The lowest BCUT2D eigenvalue weighted by Gasteiger charge is -2.38. The molecular formula is C11H19N5O. The molecule has 2 atom stereocenters. The number of methoxy groups -OCH3 is 1. The first-order chi connectivity index (χ1) is 8.29. The molecule has 17 heavy (non-hydrogen) atoms. The van der Waals surface area contributed by atoms with Crippen LogP contribution in [0.2, 0.25) is 0 Å². The Hall–Kier alpha value is -1.28. The number of rotatable bonds is 6. The summed E-state index contributed by atoms with van der Waals surface area (Å²) in [5.41, 5.74) is 7.59. The number of ether oxygens (including phenoxy) is 1. The minimum atomic E-state index is -0.566. The Labute approximate surface area is 102 Å². The number of hydrogen-bond donors (Lipinski definition) is 1. The van der Waals surface area contributed by atoms with Crippen molar-refractivity contribution in [1.29, 1.82) is 5.26 Å². The molecule has 0 heterocycles. The molecule has 0 aliphatic heterocycles. The van der Waals surface area contributed by atoms with E-state index in [1.54, 1.807) is 7.11 Å². The van der Waals surface area contributed by atoms with E-state index in [0.717, 1.165) is 32.1 Å². The quantitative estimate of drug-likeness (QED) is 0.332. The van der Waals surface area contributed by atoms with Crippen LogP contribution in [0.15, 0.2) is 5.11 Å². The summed E-state index contributed by atoms with van der Waals surface area (Å²) in [6.07, 6.45) is 4.61. The molecule has 1 N–H and O–H groups in total. The highest BCUT2D eigenvalue weighted by Gasteiger charge is 2.40. The third-order valence-corrected chi connectivity index (χ3v) is 3.26. The van der Waals surface area contributed by atoms with Gasteiger partial charge in [-0.1, -0.05) is 18.0 Å². The molecule has 1 aliphatic rings. The molecule has 1 rings (SSSR count). The maximum atomic E-state index is 9.37. The van der Waals surface area contributed by atoms with Crippen LogP contribution < -0.4 is 5.32 Å². The fraction of sp³-hybridized carbons (Fsp3) is 0.909. The molecule has 1 saturated carbocycles. The van der Waals surface area contributed by atoms with Crippen molar-refractivity contribution < 1.29 is 4.74 Å². The highest BCUT2D eigenvalue weighted by molar-refractivity contribution is 5.13. The molecule has 0 radical (unpaired) electrons. The summed E-state index contributed by atoms with van der Waals surface area (Å²) >= 11 is 0. The van der Waals surface area contributed by atoms with Gasteiger partial charge in [0.15, 0.2) is 0 Å². The van der Waals surface area contributed by atoms with Crippen LogP contribution in [0.5, 0.6) is 0 Å². The van der Waals surface area contributed by atoms with Crippen LogP contribution in [0.25, 0.3) is 10.4 Å². The van der Waals surface area contributed by atoms with Gasteiger partial charge in [-0.25, -0.2) is 0 Å². The molecule has 6 heteroatoms. The van der Waals surface area contributed by atoms with E-state index < -0.39 is 5.54 Å². The highest BCUT2D eigenvalue weighted by atomic mass is 16.5. The van der Waals surface area contributed by atoms with Crippen LogP contribution in [-0.2, 0) is 4.74 Å². The van der Waals surface area contributed by atoms with Crippen molar-refractivity contribution in [3.63, 3.8) is 0 Å². The lowest BCUT2D eigenvalue weighted by atomic mass is 9.80. The predicted molar refractivity (Wildman–Crippen MR) is 64.2 cm³/mol. The zero-order valence-corrected chi connectivity index (χ0v) is 10.2. The fourth-order valence-electron chi connectivity index (χ4n) is 2.34. The Bertz CT molecular complexity index is 320. The third kappa shape index (κ3) is 3.60. The zero-order valence-electron chi connectivity index (χ0n) is 10.2. The lowest BCUT2D eigenvalue weighted by molar-refractivity contribution is 0.0131. The first-order valence-corrected chi connectivity index (χ1v) is 5.99. The van der Waals surface area contributed by atoms with Gasteiger partial charge in [0.05, 0.1) is 12.2 Å². The minimum Gasteiger partial charge on any atom is -0.378 e. The summed E-state index contributed by atoms with van der Waals surface area (Å²) < 4.78 is 5.41. The van der Waals surface area contributed by atoms with Gasteiger partial charge in [0.25, 0.3) is 0 Å². The van der Waals surface area contributed by atoms with Crippen molar-refractivity contribution in [2.24, 2.45) is 5.11 Å². The Morgan fingerprint density at radius 3 is 3.12 bits per heavy atom. The van der Waals surface area contributed by atoms with Gasteiger partial charge in [-0.05, 0) is 31.3 Å². The van der Waals surface area contributed by atoms with Gasteiger partial charge in [0.2, 0.25) is 0 Å². The second kappa shape index (κ2) is 7.13. The lowest BCUT2D eigenvalue weighted by Crippen LogP contribution is -2.56. The first kappa shape index (κ1) is 13.8. The van der Waals surface area contributed by atoms with Crippen molar-refractivity contribution in [2.45, 2.75) is 43.7 Å². The number of nitrogens with one attached hydrogen (secondary N) is 1. The van der Waals surface area contributed by atoms with E-state index >= 15 is 0 Å². The Morgan fingerprint density at radius 1 is 1.65 bits per heavy atom. The smallest absolute Gasteiger partial charge is 0.133 e. The Kier molecular flexibility index (Phi) is 5.78. The average Bonchev–Trinajstić information content (AvgIpc) is 2.39. The number of nitrogens with zero attached hydrogens (tertiary/aromatic N) is 4. The van der Waals surface area contributed by atoms with Gasteiger partial charge in [-0.2, -0.15) is 5.26 Å². The molecule has 1 fully saturated rings. The molecule has 0 spiro atoms. The molecule has 1 aliphatic carbocycles. The molecule has 0 saturated heterocycles. The van der Waals surface area contributed by atoms with E-state index in [9.17, 15) is 5.26 Å². The van der Waals surface area contributed by atoms with E-state index in [4.69, 9.17) is 10.3 Å². The normalized spacial score (nSPS) is 28.1. The average molecular weight is 237 g/mol. The van der Waals surface area contributed by atoms with Crippen molar-refractivity contribution in [3.8, 4) is 6.07 Å². The molecular weight excluding hydrogens is 218 g/mol. The minimum absolute atomic E-state index is 0.0410. The molecule has 0 aromatic carbocycles. The summed E-state index contributed by atoms with van der Waals surface area (Å²) in [5, 5.41) is 16.1. The zero-order chi connectivity index (χ0) is 12.6. The van der Waals surface area contributed by atoms with Gasteiger partial charge in [-0.3, -0.25) is 5.32 Å². The monoisotopic (exact) mass is 237 g/mol. The van der Waals surface area contributed by atoms with Gasteiger partial charge in [-0.15, -0.1) is 0 Å². The fourth-order valence-corrected chi connectivity index (χ4v) is 2.34. The molecule has 0 aromatic rings. The van der Waals surface area contributed by atoms with Crippen LogP contribution >= 0.6 is 0 Å². The second-order valence-electron chi connectivity index (χ2n) is 4.29. The van der Waals surface area contributed by atoms with Crippen LogP contribution in [-0.4, -0.2) is 31.8 Å². The summed E-state index contributed by atoms with van der Waals surface area (Å²) in [5.74, 6) is 0. The predicted octanol–water partition coefficient (Wildman–Crippen LogP) is 2.13. The number of hydrogen-bond acceptors (Lipinski definition) is 4. The Balaban J connectivity index is 2.49. The number of azide groups is 1. The SMILES string of the molecule is COC1CCCCC1(C#N)NCCCN=[N+]=[N-]. The summed E-state index contributed by atoms with van der Waals surface area (Å²) in [6.45, 7) is 1.13. The van der Waals surface area contributed by atoms with Gasteiger partial charge < -0.3 is 4.74 Å². The van der Waals surface area contributed by atoms with Gasteiger partial charge in [0, 0.05) is 18.6 Å². The standard InChI is InChI=1S/C11H19N5O/c1-17-10-5-2-3-6-11(10,9-12)14-7-4-8-15-16-13/h10,14H,2-8H2,1H3. The van der Waals surface area contributed by atoms with E-state index in [2.05, 4.69) is 21.4 Å². The van der Waals surface area contributed by atoms with Crippen LogP contribution in [0.3, 0.4) is 0 Å².